The second kappa shape index (κ2) is 6.68. The first-order valence-corrected chi connectivity index (χ1v) is 10.5. The summed E-state index contributed by atoms with van der Waals surface area (Å²) in [4.78, 5) is 20.0. The van der Waals surface area contributed by atoms with Crippen LogP contribution in [0.2, 0.25) is 0 Å². The van der Waals surface area contributed by atoms with Gasteiger partial charge in [-0.2, -0.15) is 0 Å². The van der Waals surface area contributed by atoms with Crippen molar-refractivity contribution in [3.8, 4) is 11.4 Å². The van der Waals surface area contributed by atoms with Crippen LogP contribution < -0.4 is 5.43 Å². The van der Waals surface area contributed by atoms with Gasteiger partial charge in [0.15, 0.2) is 5.82 Å². The fourth-order valence-corrected chi connectivity index (χ4v) is 4.80. The second-order valence-electron chi connectivity index (χ2n) is 7.09. The second-order valence-corrected chi connectivity index (χ2v) is 8.21. The van der Waals surface area contributed by atoms with Gasteiger partial charge < -0.3 is 0 Å². The van der Waals surface area contributed by atoms with Gasteiger partial charge in [-0.15, -0.1) is 5.10 Å². The fourth-order valence-electron chi connectivity index (χ4n) is 3.89. The summed E-state index contributed by atoms with van der Waals surface area (Å²) in [5.74, 6) is 0.639. The molecule has 0 fully saturated rings. The summed E-state index contributed by atoms with van der Waals surface area (Å²) in [6.45, 7) is 0. The predicted molar refractivity (Wildman–Crippen MR) is 121 cm³/mol. The highest BCUT2D eigenvalue weighted by Crippen LogP contribution is 2.34. The molecule has 0 aliphatic rings. The van der Waals surface area contributed by atoms with E-state index in [1.54, 1.807) is 0 Å². The molecule has 30 heavy (non-hydrogen) atoms. The summed E-state index contributed by atoms with van der Waals surface area (Å²) >= 11 is 1.48. The van der Waals surface area contributed by atoms with E-state index in [9.17, 15) is 4.79 Å². The number of para-hydroxylation sites is 1. The van der Waals surface area contributed by atoms with Gasteiger partial charge in [0.25, 0.3) is 0 Å². The Labute approximate surface area is 176 Å². The maximum Gasteiger partial charge on any atom is 0.202 e. The number of hydrogen-bond acceptors (Lipinski definition) is 4. The fraction of sp³-hybridized carbons (Fsp3) is 0. The summed E-state index contributed by atoms with van der Waals surface area (Å²) < 4.78 is 1.87. The highest BCUT2D eigenvalue weighted by atomic mass is 32.2. The Morgan fingerprint density at radius 2 is 1.50 bits per heavy atom. The number of hydrogen-bond donors (Lipinski definition) is 0. The summed E-state index contributed by atoms with van der Waals surface area (Å²) in [6, 6.07) is 29.7. The zero-order chi connectivity index (χ0) is 20.1. The highest BCUT2D eigenvalue weighted by molar-refractivity contribution is 7.99. The molecule has 0 saturated heterocycles. The van der Waals surface area contributed by atoms with Crippen LogP contribution in [-0.2, 0) is 0 Å². The van der Waals surface area contributed by atoms with Crippen LogP contribution in [0.5, 0.6) is 0 Å². The lowest BCUT2D eigenvalue weighted by Gasteiger charge is -2.07. The number of nitrogens with zero attached hydrogens (tertiary/aromatic N) is 3. The molecule has 4 aromatic carbocycles. The molecule has 0 bridgehead atoms. The number of aromatic nitrogens is 3. The van der Waals surface area contributed by atoms with Gasteiger partial charge in [0.1, 0.15) is 5.52 Å². The van der Waals surface area contributed by atoms with E-state index in [0.717, 1.165) is 32.4 Å². The maximum atomic E-state index is 13.5. The molecule has 5 heteroatoms. The molecule has 4 nitrogen and oxygen atoms in total. The van der Waals surface area contributed by atoms with Gasteiger partial charge >= 0.3 is 0 Å². The van der Waals surface area contributed by atoms with E-state index in [2.05, 4.69) is 0 Å². The van der Waals surface area contributed by atoms with Gasteiger partial charge in [0, 0.05) is 15.8 Å². The molecule has 0 spiro atoms. The number of rotatable bonds is 3. The average molecular weight is 405 g/mol. The van der Waals surface area contributed by atoms with E-state index in [1.807, 2.05) is 95.5 Å². The minimum Gasteiger partial charge on any atom is -0.288 e. The minimum atomic E-state index is 0.0196. The molecule has 0 radical (unpaired) electrons. The molecule has 0 aliphatic carbocycles. The zero-order valence-electron chi connectivity index (χ0n) is 15.8. The van der Waals surface area contributed by atoms with Gasteiger partial charge in [-0.1, -0.05) is 78.5 Å². The minimum absolute atomic E-state index is 0.0196. The Morgan fingerprint density at radius 1 is 0.800 bits per heavy atom. The Bertz CT molecular complexity index is 1580. The molecule has 0 saturated carbocycles. The molecular weight excluding hydrogens is 390 g/mol. The van der Waals surface area contributed by atoms with Crippen molar-refractivity contribution in [2.45, 2.75) is 9.79 Å². The third-order valence-electron chi connectivity index (χ3n) is 5.24. The SMILES string of the molecule is O=c1c(Sc2ccccc2)cc2nc(-c3ccccc3)nn3c4ccccc4c1c23. The highest BCUT2D eigenvalue weighted by Gasteiger charge is 2.20. The monoisotopic (exact) mass is 405 g/mol. The molecule has 0 N–H and O–H groups in total. The summed E-state index contributed by atoms with van der Waals surface area (Å²) in [6.07, 6.45) is 0. The first kappa shape index (κ1) is 17.2. The van der Waals surface area contributed by atoms with Gasteiger partial charge in [-0.05, 0) is 24.3 Å². The van der Waals surface area contributed by atoms with E-state index in [-0.39, 0.29) is 5.43 Å². The van der Waals surface area contributed by atoms with Crippen molar-refractivity contribution in [3.63, 3.8) is 0 Å². The Balaban J connectivity index is 1.72. The lowest BCUT2D eigenvalue weighted by molar-refractivity contribution is 0.954. The van der Waals surface area contributed by atoms with Crippen molar-refractivity contribution in [3.05, 3.63) is 101 Å². The first-order chi connectivity index (χ1) is 14.8. The van der Waals surface area contributed by atoms with E-state index < -0.39 is 0 Å². The number of fused-ring (bicyclic) bond motifs is 3. The van der Waals surface area contributed by atoms with Crippen molar-refractivity contribution < 1.29 is 0 Å². The Morgan fingerprint density at radius 3 is 2.30 bits per heavy atom. The van der Waals surface area contributed by atoms with Crippen LogP contribution >= 0.6 is 11.8 Å². The van der Waals surface area contributed by atoms with E-state index in [4.69, 9.17) is 10.1 Å². The normalized spacial score (nSPS) is 11.6. The smallest absolute Gasteiger partial charge is 0.202 e. The molecule has 142 valence electrons. The van der Waals surface area contributed by atoms with Crippen molar-refractivity contribution in [1.29, 1.82) is 0 Å². The predicted octanol–water partition coefficient (Wildman–Crippen LogP) is 5.65. The lowest BCUT2D eigenvalue weighted by Crippen LogP contribution is -2.07. The third kappa shape index (κ3) is 2.60. The zero-order valence-corrected chi connectivity index (χ0v) is 16.6. The molecule has 0 aliphatic heterocycles. The van der Waals surface area contributed by atoms with Gasteiger partial charge in [-0.25, -0.2) is 9.50 Å². The lowest BCUT2D eigenvalue weighted by atomic mass is 10.1. The van der Waals surface area contributed by atoms with Crippen LogP contribution in [0.25, 0.3) is 38.7 Å². The topological polar surface area (TPSA) is 47.3 Å². The molecule has 0 amide bonds. The van der Waals surface area contributed by atoms with Crippen molar-refractivity contribution in [1.82, 2.24) is 14.6 Å². The van der Waals surface area contributed by atoms with Crippen LogP contribution in [0.3, 0.4) is 0 Å². The molecule has 6 rings (SSSR count). The molecule has 2 heterocycles. The largest absolute Gasteiger partial charge is 0.288 e. The van der Waals surface area contributed by atoms with Crippen LogP contribution in [0.15, 0.2) is 106 Å². The van der Waals surface area contributed by atoms with Crippen molar-refractivity contribution >= 4 is 39.1 Å². The van der Waals surface area contributed by atoms with Crippen LogP contribution in [-0.4, -0.2) is 14.6 Å². The molecule has 0 unspecified atom stereocenters. The molecule has 2 aromatic heterocycles. The van der Waals surface area contributed by atoms with Crippen molar-refractivity contribution in [2.75, 3.05) is 0 Å². The molecule has 0 atom stereocenters. The van der Waals surface area contributed by atoms with E-state index >= 15 is 0 Å². The third-order valence-corrected chi connectivity index (χ3v) is 6.27. The van der Waals surface area contributed by atoms with Crippen LogP contribution in [0, 0.1) is 0 Å². The first-order valence-electron chi connectivity index (χ1n) is 9.66. The van der Waals surface area contributed by atoms with Gasteiger partial charge in [0.2, 0.25) is 5.43 Å². The summed E-state index contributed by atoms with van der Waals surface area (Å²) in [5, 5.41) is 6.38. The van der Waals surface area contributed by atoms with E-state index in [1.165, 1.54) is 11.8 Å². The van der Waals surface area contributed by atoms with Crippen molar-refractivity contribution in [2.24, 2.45) is 0 Å². The van der Waals surface area contributed by atoms with E-state index in [0.29, 0.717) is 16.1 Å². The number of benzene rings is 4. The quantitative estimate of drug-likeness (QED) is 0.382. The average Bonchev–Trinajstić information content (AvgIpc) is 3.14. The summed E-state index contributed by atoms with van der Waals surface area (Å²) in [5.41, 5.74) is 3.42. The maximum absolute atomic E-state index is 13.5. The van der Waals surface area contributed by atoms with Crippen LogP contribution in [0.1, 0.15) is 0 Å². The molecule has 6 aromatic rings. The van der Waals surface area contributed by atoms with Gasteiger partial charge in [0.05, 0.1) is 21.3 Å². The summed E-state index contributed by atoms with van der Waals surface area (Å²) in [7, 11) is 0. The Hall–Kier alpha value is -3.70. The standard InChI is InChI=1S/C25H15N3OS/c29-24-21(30-17-11-5-2-6-12-17)15-19-23-22(24)18-13-7-8-14-20(18)28(23)27-25(26-19)16-9-3-1-4-10-16/h1-15H. The van der Waals surface area contributed by atoms with Gasteiger partial charge in [-0.3, -0.25) is 4.79 Å². The Kier molecular flexibility index (Phi) is 3.82. The van der Waals surface area contributed by atoms with Crippen LogP contribution in [0.4, 0.5) is 0 Å². The molecular formula is C25H15N3OS.